The Morgan fingerprint density at radius 3 is 2.62 bits per heavy atom. The predicted molar refractivity (Wildman–Crippen MR) is 112 cm³/mol. The summed E-state index contributed by atoms with van der Waals surface area (Å²) in [5.41, 5.74) is 0.401. The normalized spacial score (nSPS) is 23.7. The lowest BCUT2D eigenvalue weighted by Gasteiger charge is -2.42. The summed E-state index contributed by atoms with van der Waals surface area (Å²) in [6.45, 7) is 11.5. The molecule has 3 heterocycles. The number of carbonyl (C=O) groups is 1. The molecule has 2 saturated heterocycles. The average Bonchev–Trinajstić information content (AvgIpc) is 2.92. The predicted octanol–water partition coefficient (Wildman–Crippen LogP) is 3.32. The fraction of sp³-hybridized carbons (Fsp3) is 0.700. The molecule has 29 heavy (non-hydrogen) atoms. The lowest BCUT2D eigenvalue weighted by molar-refractivity contribution is 0.0434. The van der Waals surface area contributed by atoms with Crippen molar-refractivity contribution in [1.82, 2.24) is 15.3 Å². The number of ether oxygens (including phenoxy) is 2. The first-order valence-corrected chi connectivity index (χ1v) is 10.6. The van der Waals surface area contributed by atoms with Gasteiger partial charge in [0.15, 0.2) is 5.69 Å². The van der Waals surface area contributed by atoms with Gasteiger partial charge in [-0.2, -0.15) is 5.26 Å². The molecule has 1 spiro atoms. The Bertz CT molecular complexity index is 825. The topological polar surface area (TPSA) is 100 Å². The molecule has 2 fully saturated rings. The molecule has 2 atom stereocenters. The van der Waals surface area contributed by atoms with Crippen LogP contribution in [0.25, 0.3) is 0 Å². The highest BCUT2D eigenvalue weighted by Crippen LogP contribution is 2.43. The lowest BCUT2D eigenvalue weighted by atomic mass is 9.73. The van der Waals surface area contributed by atoms with E-state index in [0.717, 1.165) is 31.6 Å². The largest absolute Gasteiger partial charge is 0.444 e. The van der Waals surface area contributed by atoms with Gasteiger partial charge in [0, 0.05) is 18.5 Å². The SMILES string of the molecule is Cc1nc(N2CCC3(CC2)CO[C@@H](C)[C@H]3NC(=O)OC(C)(C)C)nc(C#N)c1Br. The monoisotopic (exact) mass is 465 g/mol. The third-order valence-electron chi connectivity index (χ3n) is 5.59. The molecule has 0 aliphatic carbocycles. The van der Waals surface area contributed by atoms with Gasteiger partial charge in [0.1, 0.15) is 11.7 Å². The molecule has 1 N–H and O–H groups in total. The molecular formula is C20H28BrN5O3. The van der Waals surface area contributed by atoms with Crippen LogP contribution in [0.3, 0.4) is 0 Å². The first-order valence-electron chi connectivity index (χ1n) is 9.85. The molecule has 8 nitrogen and oxygen atoms in total. The van der Waals surface area contributed by atoms with Gasteiger partial charge in [-0.25, -0.2) is 14.8 Å². The maximum Gasteiger partial charge on any atom is 0.407 e. The average molecular weight is 466 g/mol. The minimum atomic E-state index is -0.543. The van der Waals surface area contributed by atoms with Crippen molar-refractivity contribution in [2.24, 2.45) is 5.41 Å². The van der Waals surface area contributed by atoms with E-state index < -0.39 is 11.7 Å². The minimum Gasteiger partial charge on any atom is -0.444 e. The van der Waals surface area contributed by atoms with Crippen LogP contribution in [0, 0.1) is 23.7 Å². The maximum atomic E-state index is 12.4. The number of rotatable bonds is 2. The van der Waals surface area contributed by atoms with Crippen molar-refractivity contribution >= 4 is 28.0 Å². The molecule has 9 heteroatoms. The molecule has 0 unspecified atom stereocenters. The number of amides is 1. The highest BCUT2D eigenvalue weighted by Gasteiger charge is 2.50. The number of nitrogens with zero attached hydrogens (tertiary/aromatic N) is 4. The van der Waals surface area contributed by atoms with Crippen molar-refractivity contribution in [3.63, 3.8) is 0 Å². The van der Waals surface area contributed by atoms with E-state index in [1.54, 1.807) is 0 Å². The van der Waals surface area contributed by atoms with E-state index in [-0.39, 0.29) is 17.6 Å². The highest BCUT2D eigenvalue weighted by atomic mass is 79.9. The van der Waals surface area contributed by atoms with Crippen molar-refractivity contribution in [2.75, 3.05) is 24.6 Å². The van der Waals surface area contributed by atoms with Crippen LogP contribution in [-0.4, -0.2) is 53.5 Å². The second kappa shape index (κ2) is 8.07. The summed E-state index contributed by atoms with van der Waals surface area (Å²) >= 11 is 3.37. The van der Waals surface area contributed by atoms with E-state index in [2.05, 4.69) is 42.2 Å². The van der Waals surface area contributed by atoms with E-state index >= 15 is 0 Å². The summed E-state index contributed by atoms with van der Waals surface area (Å²) in [6.07, 6.45) is 1.17. The van der Waals surface area contributed by atoms with Gasteiger partial charge in [0.2, 0.25) is 5.95 Å². The number of anilines is 1. The molecule has 3 rings (SSSR count). The molecule has 1 amide bonds. The van der Waals surface area contributed by atoms with Gasteiger partial charge in [-0.1, -0.05) is 0 Å². The molecule has 1 aromatic heterocycles. The molecule has 0 radical (unpaired) electrons. The van der Waals surface area contributed by atoms with Crippen molar-refractivity contribution < 1.29 is 14.3 Å². The number of nitriles is 1. The van der Waals surface area contributed by atoms with Crippen LogP contribution in [0.5, 0.6) is 0 Å². The Morgan fingerprint density at radius 1 is 1.38 bits per heavy atom. The summed E-state index contributed by atoms with van der Waals surface area (Å²) in [5.74, 6) is 0.570. The number of hydrogen-bond acceptors (Lipinski definition) is 7. The standard InChI is InChI=1S/C20H28BrN5O3/c1-12-15(21)14(10-22)24-17(23-12)26-8-6-20(7-9-26)11-28-13(2)16(20)25-18(27)29-19(3,4)5/h13,16H,6-9,11H2,1-5H3,(H,25,27)/t13-,16+/m0/s1. The third kappa shape index (κ3) is 4.64. The Balaban J connectivity index is 1.72. The zero-order chi connectivity index (χ0) is 21.4. The highest BCUT2D eigenvalue weighted by molar-refractivity contribution is 9.10. The summed E-state index contributed by atoms with van der Waals surface area (Å²) in [7, 11) is 0. The fourth-order valence-corrected chi connectivity index (χ4v) is 4.32. The Kier molecular flexibility index (Phi) is 6.06. The Morgan fingerprint density at radius 2 is 2.03 bits per heavy atom. The maximum absolute atomic E-state index is 12.4. The molecule has 2 aliphatic rings. The number of nitrogens with one attached hydrogen (secondary N) is 1. The van der Waals surface area contributed by atoms with Gasteiger partial charge in [-0.15, -0.1) is 0 Å². The van der Waals surface area contributed by atoms with Gasteiger partial charge in [-0.05, 0) is 63.4 Å². The van der Waals surface area contributed by atoms with Crippen LogP contribution in [0.1, 0.15) is 51.9 Å². The number of alkyl carbamates (subject to hydrolysis) is 1. The van der Waals surface area contributed by atoms with Crippen LogP contribution < -0.4 is 10.2 Å². The van der Waals surface area contributed by atoms with Crippen molar-refractivity contribution in [3.05, 3.63) is 15.9 Å². The molecule has 0 aromatic carbocycles. The van der Waals surface area contributed by atoms with Gasteiger partial charge >= 0.3 is 6.09 Å². The second-order valence-corrected chi connectivity index (χ2v) is 9.67. The zero-order valence-electron chi connectivity index (χ0n) is 17.6. The molecule has 2 aliphatic heterocycles. The molecule has 0 saturated carbocycles. The number of aryl methyl sites for hydroxylation is 1. The summed E-state index contributed by atoms with van der Waals surface area (Å²) < 4.78 is 12.0. The van der Waals surface area contributed by atoms with Crippen molar-refractivity contribution in [2.45, 2.75) is 65.2 Å². The zero-order valence-corrected chi connectivity index (χ0v) is 19.2. The van der Waals surface area contributed by atoms with E-state index in [0.29, 0.717) is 22.7 Å². The molecular weight excluding hydrogens is 438 g/mol. The van der Waals surface area contributed by atoms with E-state index in [9.17, 15) is 10.1 Å². The van der Waals surface area contributed by atoms with Crippen LogP contribution in [0.2, 0.25) is 0 Å². The van der Waals surface area contributed by atoms with Crippen LogP contribution in [0.4, 0.5) is 10.7 Å². The van der Waals surface area contributed by atoms with Crippen LogP contribution >= 0.6 is 15.9 Å². The summed E-state index contributed by atoms with van der Waals surface area (Å²) in [6, 6.07) is 2.00. The minimum absolute atomic E-state index is 0.0783. The number of carbonyl (C=O) groups excluding carboxylic acids is 1. The first kappa shape index (κ1) is 21.8. The lowest BCUT2D eigenvalue weighted by Crippen LogP contribution is -2.55. The number of piperidine rings is 1. The molecule has 1 aromatic rings. The summed E-state index contributed by atoms with van der Waals surface area (Å²) in [5, 5.41) is 12.4. The van der Waals surface area contributed by atoms with Crippen LogP contribution in [0.15, 0.2) is 4.47 Å². The van der Waals surface area contributed by atoms with Gasteiger partial charge in [0.25, 0.3) is 0 Å². The van der Waals surface area contributed by atoms with Gasteiger partial charge < -0.3 is 19.7 Å². The molecule has 0 bridgehead atoms. The van der Waals surface area contributed by atoms with Crippen LogP contribution in [-0.2, 0) is 9.47 Å². The van der Waals surface area contributed by atoms with Gasteiger partial charge in [0.05, 0.1) is 28.9 Å². The Labute approximate surface area is 180 Å². The van der Waals surface area contributed by atoms with Crippen molar-refractivity contribution in [1.29, 1.82) is 5.26 Å². The summed E-state index contributed by atoms with van der Waals surface area (Å²) in [4.78, 5) is 23.4. The second-order valence-electron chi connectivity index (χ2n) is 8.87. The van der Waals surface area contributed by atoms with E-state index in [1.165, 1.54) is 0 Å². The Hall–Kier alpha value is -1.92. The molecule has 158 valence electrons. The van der Waals surface area contributed by atoms with Gasteiger partial charge in [-0.3, -0.25) is 0 Å². The quantitative estimate of drug-likeness (QED) is 0.714. The van der Waals surface area contributed by atoms with E-state index in [1.807, 2.05) is 34.6 Å². The fourth-order valence-electron chi connectivity index (χ4n) is 4.05. The van der Waals surface area contributed by atoms with Crippen molar-refractivity contribution in [3.8, 4) is 6.07 Å². The number of halogens is 1. The smallest absolute Gasteiger partial charge is 0.407 e. The number of hydrogen-bond donors (Lipinski definition) is 1. The van der Waals surface area contributed by atoms with E-state index in [4.69, 9.17) is 9.47 Å². The number of aromatic nitrogens is 2. The third-order valence-corrected chi connectivity index (χ3v) is 6.54. The first-order chi connectivity index (χ1) is 13.5.